The van der Waals surface area contributed by atoms with Gasteiger partial charge in [0.15, 0.2) is 0 Å². The lowest BCUT2D eigenvalue weighted by Crippen LogP contribution is -1.86. The van der Waals surface area contributed by atoms with E-state index < -0.39 is 0 Å². The van der Waals surface area contributed by atoms with Crippen LogP contribution in [0.5, 0.6) is 0 Å². The largest absolute Gasteiger partial charge is 0.0992 e. The summed E-state index contributed by atoms with van der Waals surface area (Å²) in [6.07, 6.45) is 8.39. The molecule has 0 aliphatic heterocycles. The number of rotatable bonds is 1. The molecule has 1 aliphatic rings. The second-order valence-corrected chi connectivity index (χ2v) is 2.14. The van der Waals surface area contributed by atoms with Gasteiger partial charge < -0.3 is 0 Å². The lowest BCUT2D eigenvalue weighted by atomic mass is 10.1. The molecule has 1 rings (SSSR count). The molecule has 0 atom stereocenters. The summed E-state index contributed by atoms with van der Waals surface area (Å²) >= 11 is 0. The fourth-order valence-electron chi connectivity index (χ4n) is 0.760. The van der Waals surface area contributed by atoms with E-state index in [9.17, 15) is 0 Å². The summed E-state index contributed by atoms with van der Waals surface area (Å²) in [5, 5.41) is 0. The average Bonchev–Trinajstić information content (AvgIpc) is 2.12. The van der Waals surface area contributed by atoms with Crippen LogP contribution in [-0.4, -0.2) is 0 Å². The minimum Gasteiger partial charge on any atom is -0.0992 e. The van der Waals surface area contributed by atoms with Gasteiger partial charge in [0.05, 0.1) is 0 Å². The van der Waals surface area contributed by atoms with Crippen LogP contribution in [0.2, 0.25) is 0 Å². The van der Waals surface area contributed by atoms with Crippen LogP contribution in [0.1, 0.15) is 6.92 Å². The minimum atomic E-state index is 0.509. The third kappa shape index (κ3) is 0.890. The van der Waals surface area contributed by atoms with Gasteiger partial charge in [-0.2, -0.15) is 0 Å². The van der Waals surface area contributed by atoms with Crippen molar-refractivity contribution in [3.05, 3.63) is 36.5 Å². The molecule has 0 nitrogen and oxygen atoms in total. The summed E-state index contributed by atoms with van der Waals surface area (Å²) in [6, 6.07) is 0. The highest BCUT2D eigenvalue weighted by molar-refractivity contribution is 5.25. The lowest BCUT2D eigenvalue weighted by Gasteiger charge is -1.99. The molecule has 0 aromatic rings. The van der Waals surface area contributed by atoms with Gasteiger partial charge in [-0.3, -0.25) is 0 Å². The van der Waals surface area contributed by atoms with Crippen molar-refractivity contribution < 1.29 is 0 Å². The highest BCUT2D eigenvalue weighted by Gasteiger charge is 2.01. The maximum Gasteiger partial charge on any atom is 0.0158 e. The average molecular weight is 106 g/mol. The van der Waals surface area contributed by atoms with Crippen LogP contribution in [0.3, 0.4) is 0 Å². The van der Waals surface area contributed by atoms with Gasteiger partial charge >= 0.3 is 0 Å². The van der Waals surface area contributed by atoms with Crippen LogP contribution < -0.4 is 0 Å². The molecule has 8 heavy (non-hydrogen) atoms. The van der Waals surface area contributed by atoms with Crippen molar-refractivity contribution in [1.82, 2.24) is 0 Å². The fraction of sp³-hybridized carbons (Fsp3) is 0.250. The molecule has 0 saturated carbocycles. The molecule has 0 fully saturated rings. The van der Waals surface area contributed by atoms with Crippen LogP contribution >= 0.6 is 0 Å². The standard InChI is InChI=1S/C8H10/c1-7(2)8-5-3-4-6-8/h3-6,8H,1H2,2H3. The van der Waals surface area contributed by atoms with Gasteiger partial charge in [-0.1, -0.05) is 36.5 Å². The first-order valence-corrected chi connectivity index (χ1v) is 2.81. The predicted molar refractivity (Wildman–Crippen MR) is 36.6 cm³/mol. The highest BCUT2D eigenvalue weighted by atomic mass is 14.1. The molecule has 0 aromatic carbocycles. The molecule has 1 aliphatic carbocycles. The Bertz CT molecular complexity index is 137. The van der Waals surface area contributed by atoms with E-state index >= 15 is 0 Å². The summed E-state index contributed by atoms with van der Waals surface area (Å²) in [7, 11) is 0. The van der Waals surface area contributed by atoms with Gasteiger partial charge in [0.25, 0.3) is 0 Å². The molecular weight excluding hydrogens is 96.1 g/mol. The molecule has 0 radical (unpaired) electrons. The van der Waals surface area contributed by atoms with Crippen molar-refractivity contribution >= 4 is 0 Å². The summed E-state index contributed by atoms with van der Waals surface area (Å²) in [6.45, 7) is 5.88. The lowest BCUT2D eigenvalue weighted by molar-refractivity contribution is 0.992. The van der Waals surface area contributed by atoms with E-state index in [1.165, 1.54) is 5.57 Å². The van der Waals surface area contributed by atoms with Gasteiger partial charge in [0.2, 0.25) is 0 Å². The number of allylic oxidation sites excluding steroid dienone is 5. The summed E-state index contributed by atoms with van der Waals surface area (Å²) < 4.78 is 0. The summed E-state index contributed by atoms with van der Waals surface area (Å²) in [5.41, 5.74) is 1.22. The van der Waals surface area contributed by atoms with Crippen LogP contribution in [-0.2, 0) is 0 Å². The molecule has 0 aromatic heterocycles. The second kappa shape index (κ2) is 1.99. The molecular formula is C8H10. The van der Waals surface area contributed by atoms with E-state index in [0.29, 0.717) is 5.92 Å². The number of hydrogen-bond donors (Lipinski definition) is 0. The summed E-state index contributed by atoms with van der Waals surface area (Å²) in [5.74, 6) is 0.509. The molecule has 0 N–H and O–H groups in total. The van der Waals surface area contributed by atoms with Gasteiger partial charge in [-0.15, -0.1) is 0 Å². The molecule has 0 saturated heterocycles. The molecule has 0 heteroatoms. The topological polar surface area (TPSA) is 0 Å². The van der Waals surface area contributed by atoms with Crippen LogP contribution in [0, 0.1) is 5.92 Å². The monoisotopic (exact) mass is 106 g/mol. The van der Waals surface area contributed by atoms with Gasteiger partial charge in [-0.25, -0.2) is 0 Å². The van der Waals surface area contributed by atoms with E-state index in [0.717, 1.165) is 0 Å². The van der Waals surface area contributed by atoms with E-state index in [1.54, 1.807) is 0 Å². The zero-order valence-electron chi connectivity index (χ0n) is 5.09. The maximum atomic E-state index is 3.83. The van der Waals surface area contributed by atoms with Crippen LogP contribution in [0.25, 0.3) is 0 Å². The van der Waals surface area contributed by atoms with Gasteiger partial charge in [-0.05, 0) is 6.92 Å². The smallest absolute Gasteiger partial charge is 0.0158 e. The Hall–Kier alpha value is -0.780. The first-order chi connectivity index (χ1) is 3.80. The van der Waals surface area contributed by atoms with Gasteiger partial charge in [0, 0.05) is 5.92 Å². The second-order valence-electron chi connectivity index (χ2n) is 2.14. The minimum absolute atomic E-state index is 0.509. The van der Waals surface area contributed by atoms with Crippen LogP contribution in [0.15, 0.2) is 36.5 Å². The molecule has 0 heterocycles. The molecule has 0 unspecified atom stereocenters. The van der Waals surface area contributed by atoms with E-state index in [4.69, 9.17) is 0 Å². The van der Waals surface area contributed by atoms with Crippen LogP contribution in [0.4, 0.5) is 0 Å². The number of hydrogen-bond acceptors (Lipinski definition) is 0. The van der Waals surface area contributed by atoms with Crippen molar-refractivity contribution in [1.29, 1.82) is 0 Å². The molecule has 42 valence electrons. The zero-order chi connectivity index (χ0) is 5.98. The molecule has 0 bridgehead atoms. The zero-order valence-corrected chi connectivity index (χ0v) is 5.09. The Balaban J connectivity index is 2.62. The van der Waals surface area contributed by atoms with Crippen molar-refractivity contribution in [2.24, 2.45) is 5.92 Å². The third-order valence-corrected chi connectivity index (χ3v) is 1.32. The van der Waals surface area contributed by atoms with Crippen molar-refractivity contribution in [3.8, 4) is 0 Å². The van der Waals surface area contributed by atoms with E-state index in [1.807, 2.05) is 6.92 Å². The molecule has 0 spiro atoms. The Morgan fingerprint density at radius 2 is 1.88 bits per heavy atom. The Morgan fingerprint density at radius 3 is 2.12 bits per heavy atom. The predicted octanol–water partition coefficient (Wildman–Crippen LogP) is 2.30. The van der Waals surface area contributed by atoms with Gasteiger partial charge in [0.1, 0.15) is 0 Å². The van der Waals surface area contributed by atoms with Crippen molar-refractivity contribution in [2.75, 3.05) is 0 Å². The quantitative estimate of drug-likeness (QED) is 0.450. The Kier molecular flexibility index (Phi) is 1.34. The maximum absolute atomic E-state index is 3.83. The first-order valence-electron chi connectivity index (χ1n) is 2.81. The first kappa shape index (κ1) is 5.36. The van der Waals surface area contributed by atoms with Crippen molar-refractivity contribution in [2.45, 2.75) is 6.92 Å². The Labute approximate surface area is 50.2 Å². The van der Waals surface area contributed by atoms with E-state index in [-0.39, 0.29) is 0 Å². The Morgan fingerprint density at radius 1 is 1.38 bits per heavy atom. The third-order valence-electron chi connectivity index (χ3n) is 1.32. The fourth-order valence-corrected chi connectivity index (χ4v) is 0.760. The SMILES string of the molecule is C=C(C)C1C=CC=C1. The van der Waals surface area contributed by atoms with Crippen molar-refractivity contribution in [3.63, 3.8) is 0 Å². The van der Waals surface area contributed by atoms with E-state index in [2.05, 4.69) is 30.9 Å². The highest BCUT2D eigenvalue weighted by Crippen LogP contribution is 2.15. The normalized spacial score (nSPS) is 17.6. The molecule has 0 amide bonds. The summed E-state index contributed by atoms with van der Waals surface area (Å²) in [4.78, 5) is 0.